The Bertz CT molecular complexity index is 416. The zero-order chi connectivity index (χ0) is 12.3. The molecule has 2 rings (SSSR count). The lowest BCUT2D eigenvalue weighted by Crippen LogP contribution is -2.33. The van der Waals surface area contributed by atoms with Crippen LogP contribution in [0.5, 0.6) is 5.75 Å². The minimum Gasteiger partial charge on any atom is -0.506 e. The van der Waals surface area contributed by atoms with Crippen LogP contribution in [0.15, 0.2) is 18.2 Å². The molecular weight excluding hydrogens is 242 g/mol. The quantitative estimate of drug-likeness (QED) is 0.799. The van der Waals surface area contributed by atoms with Crippen LogP contribution in [0, 0.1) is 0 Å². The van der Waals surface area contributed by atoms with E-state index in [2.05, 4.69) is 5.32 Å². The first-order valence-electron chi connectivity index (χ1n) is 5.58. The molecule has 17 heavy (non-hydrogen) atoms. The van der Waals surface area contributed by atoms with Crippen molar-refractivity contribution in [3.8, 4) is 5.75 Å². The van der Waals surface area contributed by atoms with E-state index in [-0.39, 0.29) is 22.8 Å². The molecule has 0 bridgehead atoms. The van der Waals surface area contributed by atoms with Crippen LogP contribution < -0.4 is 5.32 Å². The zero-order valence-electron chi connectivity index (χ0n) is 9.28. The van der Waals surface area contributed by atoms with Crippen molar-refractivity contribution < 1.29 is 14.6 Å². The van der Waals surface area contributed by atoms with Gasteiger partial charge in [-0.1, -0.05) is 11.6 Å². The summed E-state index contributed by atoms with van der Waals surface area (Å²) in [7, 11) is 0. The van der Waals surface area contributed by atoms with Gasteiger partial charge < -0.3 is 15.2 Å². The maximum absolute atomic E-state index is 11.8. The SMILES string of the molecule is O=C(Nc1ccc(O)c(Cl)c1)C1CCCCO1. The molecule has 1 fully saturated rings. The van der Waals surface area contributed by atoms with Gasteiger partial charge in [0.25, 0.3) is 5.91 Å². The van der Waals surface area contributed by atoms with Gasteiger partial charge in [-0.3, -0.25) is 4.79 Å². The second-order valence-electron chi connectivity index (χ2n) is 4.01. The maximum atomic E-state index is 11.8. The maximum Gasteiger partial charge on any atom is 0.253 e. The zero-order valence-corrected chi connectivity index (χ0v) is 10.0. The molecule has 0 aromatic heterocycles. The van der Waals surface area contributed by atoms with Gasteiger partial charge in [-0.25, -0.2) is 0 Å². The number of ether oxygens (including phenoxy) is 1. The third-order valence-electron chi connectivity index (χ3n) is 2.69. The van der Waals surface area contributed by atoms with Crippen molar-refractivity contribution in [2.75, 3.05) is 11.9 Å². The fourth-order valence-electron chi connectivity index (χ4n) is 1.75. The Balaban J connectivity index is 1.99. The number of hydrogen-bond acceptors (Lipinski definition) is 3. The van der Waals surface area contributed by atoms with Gasteiger partial charge in [0.1, 0.15) is 11.9 Å². The molecule has 5 heteroatoms. The molecule has 0 spiro atoms. The number of hydrogen-bond donors (Lipinski definition) is 2. The summed E-state index contributed by atoms with van der Waals surface area (Å²) in [5.41, 5.74) is 0.562. The smallest absolute Gasteiger partial charge is 0.253 e. The summed E-state index contributed by atoms with van der Waals surface area (Å²) in [6.07, 6.45) is 2.39. The predicted molar refractivity (Wildman–Crippen MR) is 65.3 cm³/mol. The van der Waals surface area contributed by atoms with Crippen molar-refractivity contribution in [3.05, 3.63) is 23.2 Å². The number of rotatable bonds is 2. The molecule has 2 N–H and O–H groups in total. The first-order valence-corrected chi connectivity index (χ1v) is 5.95. The molecule has 1 aliphatic rings. The fraction of sp³-hybridized carbons (Fsp3) is 0.417. The van der Waals surface area contributed by atoms with Crippen molar-refractivity contribution in [1.29, 1.82) is 0 Å². The van der Waals surface area contributed by atoms with Gasteiger partial charge in [0.2, 0.25) is 0 Å². The lowest BCUT2D eigenvalue weighted by molar-refractivity contribution is -0.129. The Morgan fingerprint density at radius 2 is 2.29 bits per heavy atom. The molecule has 0 radical (unpaired) electrons. The van der Waals surface area contributed by atoms with Gasteiger partial charge in [-0.05, 0) is 37.5 Å². The first kappa shape index (κ1) is 12.2. The first-order chi connectivity index (χ1) is 8.16. The molecule has 0 saturated carbocycles. The lowest BCUT2D eigenvalue weighted by atomic mass is 10.1. The summed E-state index contributed by atoms with van der Waals surface area (Å²) in [6.45, 7) is 0.633. The Kier molecular flexibility index (Phi) is 3.86. The molecule has 1 atom stereocenters. The predicted octanol–water partition coefficient (Wildman–Crippen LogP) is 2.55. The third kappa shape index (κ3) is 3.11. The number of phenolic OH excluding ortho intramolecular Hbond substituents is 1. The Morgan fingerprint density at radius 3 is 2.94 bits per heavy atom. The van der Waals surface area contributed by atoms with Crippen molar-refractivity contribution in [1.82, 2.24) is 0 Å². The number of amides is 1. The van der Waals surface area contributed by atoms with E-state index in [0.29, 0.717) is 12.3 Å². The third-order valence-corrected chi connectivity index (χ3v) is 2.99. The van der Waals surface area contributed by atoms with Crippen LogP contribution in [0.1, 0.15) is 19.3 Å². The van der Waals surface area contributed by atoms with Gasteiger partial charge in [0.15, 0.2) is 0 Å². The Morgan fingerprint density at radius 1 is 1.47 bits per heavy atom. The highest BCUT2D eigenvalue weighted by Crippen LogP contribution is 2.26. The van der Waals surface area contributed by atoms with E-state index in [1.54, 1.807) is 6.07 Å². The van der Waals surface area contributed by atoms with E-state index >= 15 is 0 Å². The molecule has 92 valence electrons. The average molecular weight is 256 g/mol. The number of aromatic hydroxyl groups is 1. The molecule has 1 aromatic rings. The van der Waals surface area contributed by atoms with E-state index in [4.69, 9.17) is 16.3 Å². The molecule has 1 aromatic carbocycles. The van der Waals surface area contributed by atoms with E-state index < -0.39 is 0 Å². The van der Waals surface area contributed by atoms with Crippen molar-refractivity contribution in [3.63, 3.8) is 0 Å². The molecular formula is C12H14ClNO3. The minimum absolute atomic E-state index is 0.00131. The van der Waals surface area contributed by atoms with E-state index in [0.717, 1.165) is 19.3 Å². The molecule has 0 aliphatic carbocycles. The number of nitrogens with one attached hydrogen (secondary N) is 1. The molecule has 1 amide bonds. The Hall–Kier alpha value is -1.26. The van der Waals surface area contributed by atoms with Crippen LogP contribution >= 0.6 is 11.6 Å². The van der Waals surface area contributed by atoms with Crippen LogP contribution in [0.4, 0.5) is 5.69 Å². The molecule has 1 unspecified atom stereocenters. The summed E-state index contributed by atoms with van der Waals surface area (Å²) < 4.78 is 5.37. The highest BCUT2D eigenvalue weighted by Gasteiger charge is 2.21. The van der Waals surface area contributed by atoms with Crippen molar-refractivity contribution in [2.45, 2.75) is 25.4 Å². The summed E-state index contributed by atoms with van der Waals surface area (Å²) in [6, 6.07) is 4.55. The molecule has 4 nitrogen and oxygen atoms in total. The van der Waals surface area contributed by atoms with Crippen molar-refractivity contribution in [2.24, 2.45) is 0 Å². The Labute approximate surface area is 105 Å². The van der Waals surface area contributed by atoms with Gasteiger partial charge in [-0.2, -0.15) is 0 Å². The molecule has 1 aliphatic heterocycles. The van der Waals surface area contributed by atoms with Crippen LogP contribution in [0.3, 0.4) is 0 Å². The van der Waals surface area contributed by atoms with Crippen LogP contribution in [0.25, 0.3) is 0 Å². The summed E-state index contributed by atoms with van der Waals surface area (Å²) >= 11 is 5.75. The summed E-state index contributed by atoms with van der Waals surface area (Å²) in [5, 5.41) is 12.2. The lowest BCUT2D eigenvalue weighted by Gasteiger charge is -2.21. The minimum atomic E-state index is -0.378. The number of halogens is 1. The van der Waals surface area contributed by atoms with Gasteiger partial charge in [0.05, 0.1) is 5.02 Å². The molecule has 1 heterocycles. The highest BCUT2D eigenvalue weighted by molar-refractivity contribution is 6.32. The van der Waals surface area contributed by atoms with Gasteiger partial charge in [-0.15, -0.1) is 0 Å². The largest absolute Gasteiger partial charge is 0.506 e. The van der Waals surface area contributed by atoms with E-state index in [9.17, 15) is 9.90 Å². The summed E-state index contributed by atoms with van der Waals surface area (Å²) in [4.78, 5) is 11.8. The van der Waals surface area contributed by atoms with Crippen molar-refractivity contribution >= 4 is 23.2 Å². The number of phenols is 1. The topological polar surface area (TPSA) is 58.6 Å². The number of carbonyl (C=O) groups excluding carboxylic acids is 1. The number of carbonyl (C=O) groups is 1. The highest BCUT2D eigenvalue weighted by atomic mass is 35.5. The fourth-order valence-corrected chi connectivity index (χ4v) is 1.94. The van der Waals surface area contributed by atoms with E-state index in [1.165, 1.54) is 12.1 Å². The average Bonchev–Trinajstić information content (AvgIpc) is 2.35. The monoisotopic (exact) mass is 255 g/mol. The summed E-state index contributed by atoms with van der Waals surface area (Å²) in [5.74, 6) is -0.162. The van der Waals surface area contributed by atoms with Crippen LogP contribution in [-0.4, -0.2) is 23.7 Å². The van der Waals surface area contributed by atoms with Crippen LogP contribution in [-0.2, 0) is 9.53 Å². The van der Waals surface area contributed by atoms with E-state index in [1.807, 2.05) is 0 Å². The van der Waals surface area contributed by atoms with Crippen LogP contribution in [0.2, 0.25) is 5.02 Å². The standard InChI is InChI=1S/C12H14ClNO3/c13-9-7-8(4-5-10(9)15)14-12(16)11-3-1-2-6-17-11/h4-5,7,11,15H,1-3,6H2,(H,14,16). The second kappa shape index (κ2) is 5.38. The molecule has 1 saturated heterocycles. The number of benzene rings is 1. The number of anilines is 1. The van der Waals surface area contributed by atoms with Gasteiger partial charge >= 0.3 is 0 Å². The normalized spacial score (nSPS) is 19.9. The second-order valence-corrected chi connectivity index (χ2v) is 4.42. The van der Waals surface area contributed by atoms with Gasteiger partial charge in [0, 0.05) is 12.3 Å².